The summed E-state index contributed by atoms with van der Waals surface area (Å²) >= 11 is 0. The highest BCUT2D eigenvalue weighted by molar-refractivity contribution is 5.83. The van der Waals surface area contributed by atoms with Crippen molar-refractivity contribution in [2.24, 2.45) is 0 Å². The predicted molar refractivity (Wildman–Crippen MR) is 134 cm³/mol. The number of hydrogen-bond donors (Lipinski definition) is 2. The topological polar surface area (TPSA) is 83.7 Å². The number of aromatic amines is 1. The van der Waals surface area contributed by atoms with Gasteiger partial charge in [-0.3, -0.25) is 4.79 Å². The molecule has 0 unspecified atom stereocenters. The quantitative estimate of drug-likeness (QED) is 0.510. The normalized spacial score (nSPS) is 14.1. The van der Waals surface area contributed by atoms with Crippen molar-refractivity contribution in [1.29, 1.82) is 0 Å². The Kier molecular flexibility index (Phi) is 7.72. The molecular formula is C27H33N3O4. The van der Waals surface area contributed by atoms with Crippen LogP contribution in [0.1, 0.15) is 43.2 Å². The van der Waals surface area contributed by atoms with E-state index in [4.69, 9.17) is 9.47 Å². The SMILES string of the molecule is COc1cc2cc(CN(CCc3ccccc3)C(=O)NC3CCCCC3)c(=O)[nH]c2cc1OC. The summed E-state index contributed by atoms with van der Waals surface area (Å²) in [6.07, 6.45) is 6.25. The van der Waals surface area contributed by atoms with Crippen molar-refractivity contribution in [3.8, 4) is 11.5 Å². The van der Waals surface area contributed by atoms with Crippen LogP contribution in [0.25, 0.3) is 10.9 Å². The summed E-state index contributed by atoms with van der Waals surface area (Å²) in [5, 5.41) is 4.03. The Labute approximate surface area is 200 Å². The minimum absolute atomic E-state index is 0.116. The van der Waals surface area contributed by atoms with Gasteiger partial charge >= 0.3 is 6.03 Å². The van der Waals surface area contributed by atoms with Crippen molar-refractivity contribution in [1.82, 2.24) is 15.2 Å². The molecule has 0 spiro atoms. The highest BCUT2D eigenvalue weighted by Gasteiger charge is 2.21. The Balaban J connectivity index is 1.58. The first kappa shape index (κ1) is 23.7. The second kappa shape index (κ2) is 11.1. The smallest absolute Gasteiger partial charge is 0.317 e. The molecule has 34 heavy (non-hydrogen) atoms. The van der Waals surface area contributed by atoms with Gasteiger partial charge in [0.2, 0.25) is 0 Å². The van der Waals surface area contributed by atoms with Crippen LogP contribution in [0.2, 0.25) is 0 Å². The van der Waals surface area contributed by atoms with Gasteiger partial charge in [-0.15, -0.1) is 0 Å². The molecule has 0 radical (unpaired) electrons. The minimum atomic E-state index is -0.213. The van der Waals surface area contributed by atoms with E-state index >= 15 is 0 Å². The van der Waals surface area contributed by atoms with E-state index in [0.29, 0.717) is 29.1 Å². The Morgan fingerprint density at radius 1 is 1.03 bits per heavy atom. The molecule has 2 amide bonds. The molecule has 4 rings (SSSR count). The van der Waals surface area contributed by atoms with E-state index in [1.807, 2.05) is 30.3 Å². The summed E-state index contributed by atoms with van der Waals surface area (Å²) in [4.78, 5) is 30.9. The zero-order valence-corrected chi connectivity index (χ0v) is 19.9. The molecule has 1 aromatic heterocycles. The van der Waals surface area contributed by atoms with Crippen molar-refractivity contribution in [2.75, 3.05) is 20.8 Å². The van der Waals surface area contributed by atoms with Gasteiger partial charge in [0.25, 0.3) is 5.56 Å². The number of methoxy groups -OCH3 is 2. The fraction of sp³-hybridized carbons (Fsp3) is 0.407. The third-order valence-corrected chi connectivity index (χ3v) is 6.52. The van der Waals surface area contributed by atoms with Gasteiger partial charge in [0.05, 0.1) is 26.3 Å². The molecule has 7 nitrogen and oxygen atoms in total. The van der Waals surface area contributed by atoms with Gasteiger partial charge in [-0.25, -0.2) is 4.79 Å². The van der Waals surface area contributed by atoms with Gasteiger partial charge in [0.1, 0.15) is 0 Å². The van der Waals surface area contributed by atoms with E-state index in [9.17, 15) is 9.59 Å². The molecule has 1 heterocycles. The Morgan fingerprint density at radius 3 is 2.44 bits per heavy atom. The van der Waals surface area contributed by atoms with Gasteiger partial charge in [0.15, 0.2) is 11.5 Å². The molecule has 1 fully saturated rings. The number of pyridine rings is 1. The van der Waals surface area contributed by atoms with E-state index < -0.39 is 0 Å². The lowest BCUT2D eigenvalue weighted by Crippen LogP contribution is -2.46. The maximum atomic E-state index is 13.3. The van der Waals surface area contributed by atoms with Gasteiger partial charge < -0.3 is 24.7 Å². The number of urea groups is 1. The summed E-state index contributed by atoms with van der Waals surface area (Å²) in [5.41, 5.74) is 2.14. The maximum Gasteiger partial charge on any atom is 0.317 e. The van der Waals surface area contributed by atoms with Crippen LogP contribution >= 0.6 is 0 Å². The van der Waals surface area contributed by atoms with Gasteiger partial charge in [-0.1, -0.05) is 49.6 Å². The lowest BCUT2D eigenvalue weighted by Gasteiger charge is -2.28. The molecule has 1 saturated carbocycles. The number of hydrogen-bond acceptors (Lipinski definition) is 4. The maximum absolute atomic E-state index is 13.3. The number of H-pyrrole nitrogens is 1. The first-order valence-electron chi connectivity index (χ1n) is 11.9. The monoisotopic (exact) mass is 463 g/mol. The molecule has 7 heteroatoms. The van der Waals surface area contributed by atoms with E-state index in [2.05, 4.69) is 22.4 Å². The van der Waals surface area contributed by atoms with Crippen LogP contribution in [0.3, 0.4) is 0 Å². The minimum Gasteiger partial charge on any atom is -0.493 e. The zero-order chi connectivity index (χ0) is 23.9. The molecule has 2 aromatic carbocycles. The number of nitrogens with one attached hydrogen (secondary N) is 2. The lowest BCUT2D eigenvalue weighted by atomic mass is 9.96. The van der Waals surface area contributed by atoms with Crippen LogP contribution in [-0.4, -0.2) is 42.7 Å². The molecule has 0 bridgehead atoms. The number of aromatic nitrogens is 1. The molecule has 0 aliphatic heterocycles. The van der Waals surface area contributed by atoms with Crippen LogP contribution in [0.4, 0.5) is 4.79 Å². The number of ether oxygens (including phenoxy) is 2. The number of fused-ring (bicyclic) bond motifs is 1. The van der Waals surface area contributed by atoms with Crippen LogP contribution in [0, 0.1) is 0 Å². The van der Waals surface area contributed by atoms with Gasteiger partial charge in [-0.05, 0) is 37.0 Å². The number of carbonyl (C=O) groups excluding carboxylic acids is 1. The van der Waals surface area contributed by atoms with E-state index in [1.54, 1.807) is 25.2 Å². The first-order chi connectivity index (χ1) is 16.6. The fourth-order valence-corrected chi connectivity index (χ4v) is 4.58. The van der Waals surface area contributed by atoms with Crippen LogP contribution in [-0.2, 0) is 13.0 Å². The second-order valence-corrected chi connectivity index (χ2v) is 8.86. The van der Waals surface area contributed by atoms with Crippen molar-refractivity contribution in [2.45, 2.75) is 51.1 Å². The molecule has 1 aliphatic rings. The number of nitrogens with zero attached hydrogens (tertiary/aromatic N) is 1. The average molecular weight is 464 g/mol. The molecule has 3 aromatic rings. The second-order valence-electron chi connectivity index (χ2n) is 8.86. The zero-order valence-electron chi connectivity index (χ0n) is 19.9. The highest BCUT2D eigenvalue weighted by Crippen LogP contribution is 2.31. The van der Waals surface area contributed by atoms with Crippen LogP contribution in [0.15, 0.2) is 53.3 Å². The third-order valence-electron chi connectivity index (χ3n) is 6.52. The largest absolute Gasteiger partial charge is 0.493 e. The Morgan fingerprint density at radius 2 is 1.74 bits per heavy atom. The van der Waals surface area contributed by atoms with Crippen molar-refractivity contribution in [3.05, 3.63) is 70.0 Å². The summed E-state index contributed by atoms with van der Waals surface area (Å²) in [6, 6.07) is 15.6. The summed E-state index contributed by atoms with van der Waals surface area (Å²) < 4.78 is 10.8. The highest BCUT2D eigenvalue weighted by atomic mass is 16.5. The van der Waals surface area contributed by atoms with Crippen molar-refractivity contribution < 1.29 is 14.3 Å². The summed E-state index contributed by atoms with van der Waals surface area (Å²) in [6.45, 7) is 0.747. The number of amides is 2. The third kappa shape index (κ3) is 5.71. The number of carbonyl (C=O) groups is 1. The van der Waals surface area contributed by atoms with Crippen molar-refractivity contribution in [3.63, 3.8) is 0 Å². The average Bonchev–Trinajstić information content (AvgIpc) is 2.87. The number of rotatable bonds is 8. The standard InChI is InChI=1S/C27H33N3O4/c1-33-24-16-20-15-21(26(31)29-23(20)17-25(24)34-2)18-30(14-13-19-9-5-3-6-10-19)27(32)28-22-11-7-4-8-12-22/h3,5-6,9-10,15-17,22H,4,7-8,11-14,18H2,1-2H3,(H,28,32)(H,29,31). The predicted octanol–water partition coefficient (Wildman–Crippen LogP) is 4.63. The summed E-state index contributed by atoms with van der Waals surface area (Å²) in [7, 11) is 3.14. The van der Waals surface area contributed by atoms with Crippen molar-refractivity contribution >= 4 is 16.9 Å². The first-order valence-corrected chi connectivity index (χ1v) is 11.9. The molecule has 1 aliphatic carbocycles. The summed E-state index contributed by atoms with van der Waals surface area (Å²) in [5.74, 6) is 1.14. The molecule has 0 atom stereocenters. The lowest BCUT2D eigenvalue weighted by molar-refractivity contribution is 0.187. The molecular weight excluding hydrogens is 430 g/mol. The van der Waals surface area contributed by atoms with E-state index in [-0.39, 0.29) is 24.2 Å². The van der Waals surface area contributed by atoms with E-state index in [0.717, 1.165) is 43.1 Å². The molecule has 180 valence electrons. The van der Waals surface area contributed by atoms with Gasteiger partial charge in [0, 0.05) is 29.6 Å². The van der Waals surface area contributed by atoms with E-state index in [1.165, 1.54) is 6.42 Å². The molecule has 2 N–H and O–H groups in total. The molecule has 0 saturated heterocycles. The Hall–Kier alpha value is -3.48. The number of benzene rings is 2. The van der Waals surface area contributed by atoms with Crippen LogP contribution in [0.5, 0.6) is 11.5 Å². The fourth-order valence-electron chi connectivity index (χ4n) is 4.58. The van der Waals surface area contributed by atoms with Gasteiger partial charge in [-0.2, -0.15) is 0 Å². The Bertz CT molecular complexity index is 1170. The van der Waals surface area contributed by atoms with Crippen LogP contribution < -0.4 is 20.3 Å².